The Labute approximate surface area is 174 Å². The van der Waals surface area contributed by atoms with Gasteiger partial charge in [-0.15, -0.1) is 0 Å². The number of carbonyl (C=O) groups is 3. The van der Waals surface area contributed by atoms with Crippen LogP contribution in [0.1, 0.15) is 72.6 Å². The van der Waals surface area contributed by atoms with Gasteiger partial charge in [0.2, 0.25) is 11.8 Å². The van der Waals surface area contributed by atoms with Crippen molar-refractivity contribution >= 4 is 17.8 Å². The second kappa shape index (κ2) is 14.8. The van der Waals surface area contributed by atoms with Crippen molar-refractivity contribution in [1.82, 2.24) is 10.6 Å². The van der Waals surface area contributed by atoms with Crippen molar-refractivity contribution in [2.24, 2.45) is 5.92 Å². The molecule has 0 aromatic carbocycles. The molecule has 0 heterocycles. The molecule has 0 aliphatic carbocycles. The van der Waals surface area contributed by atoms with E-state index in [9.17, 15) is 19.5 Å². The quantitative estimate of drug-likeness (QED) is 0.204. The van der Waals surface area contributed by atoms with Crippen molar-refractivity contribution in [2.45, 2.75) is 78.2 Å². The van der Waals surface area contributed by atoms with Crippen molar-refractivity contribution in [3.05, 3.63) is 11.8 Å². The number of carbonyl (C=O) groups excluding carboxylic acids is 2. The highest BCUT2D eigenvalue weighted by molar-refractivity contribution is 5.85. The molecule has 0 spiro atoms. The summed E-state index contributed by atoms with van der Waals surface area (Å²) in [6.45, 7) is 8.01. The Morgan fingerprint density at radius 2 is 1.55 bits per heavy atom. The monoisotopic (exact) mass is 413 g/mol. The van der Waals surface area contributed by atoms with Gasteiger partial charge in [0.25, 0.3) is 0 Å². The van der Waals surface area contributed by atoms with E-state index in [2.05, 4.69) is 10.6 Å². The van der Waals surface area contributed by atoms with Crippen LogP contribution in [0.2, 0.25) is 0 Å². The van der Waals surface area contributed by atoms with E-state index in [0.29, 0.717) is 32.4 Å². The van der Waals surface area contributed by atoms with Gasteiger partial charge in [0.15, 0.2) is 0 Å². The van der Waals surface area contributed by atoms with Crippen molar-refractivity contribution in [2.75, 3.05) is 19.7 Å². The molecule has 0 aliphatic heterocycles. The van der Waals surface area contributed by atoms with Gasteiger partial charge in [-0.2, -0.15) is 0 Å². The molecule has 2 amide bonds. The van der Waals surface area contributed by atoms with Gasteiger partial charge in [-0.1, -0.05) is 19.8 Å². The minimum absolute atomic E-state index is 0.0567. The largest absolute Gasteiger partial charge is 0.495 e. The van der Waals surface area contributed by atoms with E-state index in [-0.39, 0.29) is 29.9 Å². The number of aliphatic carboxylic acids is 1. The topological polar surface area (TPSA) is 125 Å². The second-order valence-electron chi connectivity index (χ2n) is 7.85. The Bertz CT molecular complexity index is 545. The summed E-state index contributed by atoms with van der Waals surface area (Å²) in [5.74, 6) is -1.25. The summed E-state index contributed by atoms with van der Waals surface area (Å²) >= 11 is 0. The summed E-state index contributed by atoms with van der Waals surface area (Å²) in [7, 11) is 0. The predicted molar refractivity (Wildman–Crippen MR) is 110 cm³/mol. The summed E-state index contributed by atoms with van der Waals surface area (Å²) in [4.78, 5) is 34.3. The highest BCUT2D eigenvalue weighted by Crippen LogP contribution is 2.24. The molecule has 1 atom stereocenters. The first kappa shape index (κ1) is 26.9. The van der Waals surface area contributed by atoms with E-state index in [1.165, 1.54) is 13.2 Å². The first-order valence-electron chi connectivity index (χ1n) is 10.3. The Morgan fingerprint density at radius 1 is 1.00 bits per heavy atom. The first-order chi connectivity index (χ1) is 13.6. The lowest BCUT2D eigenvalue weighted by Crippen LogP contribution is -2.36. The fourth-order valence-electron chi connectivity index (χ4n) is 2.38. The van der Waals surface area contributed by atoms with Crippen LogP contribution in [0.4, 0.5) is 0 Å². The molecule has 8 heteroatoms. The average Bonchev–Trinajstić information content (AvgIpc) is 2.66. The van der Waals surface area contributed by atoms with Gasteiger partial charge in [0, 0.05) is 31.8 Å². The minimum Gasteiger partial charge on any atom is -0.495 e. The zero-order valence-electron chi connectivity index (χ0n) is 18.2. The zero-order chi connectivity index (χ0) is 22.3. The average molecular weight is 414 g/mol. The first-order valence-corrected chi connectivity index (χ1v) is 10.3. The predicted octanol–water partition coefficient (Wildman–Crippen LogP) is 2.80. The number of ether oxygens (including phenoxy) is 1. The number of amides is 2. The second-order valence-corrected chi connectivity index (χ2v) is 7.85. The van der Waals surface area contributed by atoms with Gasteiger partial charge in [-0.3, -0.25) is 9.59 Å². The summed E-state index contributed by atoms with van der Waals surface area (Å²) in [5.41, 5.74) is -0.552. The third-order valence-corrected chi connectivity index (χ3v) is 4.85. The van der Waals surface area contributed by atoms with Crippen LogP contribution in [-0.2, 0) is 24.2 Å². The maximum absolute atomic E-state index is 12.1. The van der Waals surface area contributed by atoms with E-state index in [0.717, 1.165) is 25.7 Å². The summed E-state index contributed by atoms with van der Waals surface area (Å²) in [5, 5.41) is 24.9. The Kier molecular flexibility index (Phi) is 13.8. The molecule has 167 valence electrons. The lowest BCUT2D eigenvalue weighted by molar-refractivity contribution is -0.133. The molecule has 29 heavy (non-hydrogen) atoms. The van der Waals surface area contributed by atoms with E-state index in [1.54, 1.807) is 0 Å². The minimum atomic E-state index is -1.03. The number of nitrogens with one attached hydrogen (secondary N) is 2. The van der Waals surface area contributed by atoms with Gasteiger partial charge in [-0.25, -0.2) is 9.90 Å². The van der Waals surface area contributed by atoms with Gasteiger partial charge in [0.05, 0.1) is 18.4 Å². The van der Waals surface area contributed by atoms with E-state index in [1.807, 2.05) is 20.8 Å². The van der Waals surface area contributed by atoms with Crippen LogP contribution >= 0.6 is 0 Å². The molecular formula is C21H37N2O6. The van der Waals surface area contributed by atoms with Crippen LogP contribution in [0.3, 0.4) is 0 Å². The molecule has 3 N–H and O–H groups in total. The SMILES string of the molecule is CC(=COC(C)(C)C(C)CC(=O)NCCCCCCNC(=O)CCC[O])C(=O)O. The van der Waals surface area contributed by atoms with E-state index >= 15 is 0 Å². The molecule has 0 bridgehead atoms. The van der Waals surface area contributed by atoms with E-state index in [4.69, 9.17) is 9.84 Å². The molecule has 0 saturated heterocycles. The fourth-order valence-corrected chi connectivity index (χ4v) is 2.38. The van der Waals surface area contributed by atoms with E-state index < -0.39 is 11.6 Å². The number of unbranched alkanes of at least 4 members (excludes halogenated alkanes) is 3. The maximum Gasteiger partial charge on any atom is 0.334 e. The number of hydrogen-bond donors (Lipinski definition) is 3. The lowest BCUT2D eigenvalue weighted by Gasteiger charge is -2.31. The highest BCUT2D eigenvalue weighted by Gasteiger charge is 2.28. The summed E-state index contributed by atoms with van der Waals surface area (Å²) in [6.07, 6.45) is 5.86. The van der Waals surface area contributed by atoms with Crippen molar-refractivity contribution in [3.8, 4) is 0 Å². The third-order valence-electron chi connectivity index (χ3n) is 4.85. The number of carboxylic acid groups (broad SMARTS) is 1. The maximum atomic E-state index is 12.1. The standard InChI is InChI=1S/C21H37N2O6/c1-16(20(27)28)15-29-21(3,4)17(2)14-19(26)23-12-8-6-5-7-11-22-18(25)10-9-13-24/h15,17H,5-14H2,1-4H3,(H,22,25)(H,23,26)(H,27,28). The van der Waals surface area contributed by atoms with Crippen LogP contribution in [0.25, 0.3) is 0 Å². The van der Waals surface area contributed by atoms with Crippen LogP contribution in [-0.4, -0.2) is 48.2 Å². The van der Waals surface area contributed by atoms with Crippen LogP contribution < -0.4 is 10.6 Å². The van der Waals surface area contributed by atoms with Crippen molar-refractivity contribution < 1.29 is 29.3 Å². The molecule has 1 unspecified atom stereocenters. The van der Waals surface area contributed by atoms with Gasteiger partial charge >= 0.3 is 5.97 Å². The number of carboxylic acids is 1. The number of hydrogen-bond acceptors (Lipinski definition) is 4. The molecule has 0 aromatic heterocycles. The van der Waals surface area contributed by atoms with Gasteiger partial charge in [0.1, 0.15) is 5.60 Å². The smallest absolute Gasteiger partial charge is 0.334 e. The normalized spacial score (nSPS) is 12.9. The highest BCUT2D eigenvalue weighted by atomic mass is 16.5. The van der Waals surface area contributed by atoms with Crippen LogP contribution in [0.5, 0.6) is 0 Å². The summed E-state index contributed by atoms with van der Waals surface area (Å²) in [6, 6.07) is 0. The molecule has 0 aromatic rings. The molecule has 1 radical (unpaired) electrons. The summed E-state index contributed by atoms with van der Waals surface area (Å²) < 4.78 is 5.57. The zero-order valence-corrected chi connectivity index (χ0v) is 18.2. The molecular weight excluding hydrogens is 376 g/mol. The Hall–Kier alpha value is -2.09. The molecule has 0 fully saturated rings. The van der Waals surface area contributed by atoms with Crippen LogP contribution in [0.15, 0.2) is 11.8 Å². The fraction of sp³-hybridized carbons (Fsp3) is 0.762. The van der Waals surface area contributed by atoms with Crippen LogP contribution in [0, 0.1) is 5.92 Å². The molecule has 8 nitrogen and oxygen atoms in total. The van der Waals surface area contributed by atoms with Crippen molar-refractivity contribution in [1.29, 1.82) is 0 Å². The Morgan fingerprint density at radius 3 is 2.07 bits per heavy atom. The van der Waals surface area contributed by atoms with Crippen molar-refractivity contribution in [3.63, 3.8) is 0 Å². The third kappa shape index (κ3) is 13.7. The molecule has 0 aliphatic rings. The Balaban J connectivity index is 3.89. The molecule has 0 rings (SSSR count). The number of rotatable bonds is 16. The molecule has 0 saturated carbocycles. The van der Waals surface area contributed by atoms with Gasteiger partial charge in [-0.05, 0) is 40.0 Å². The van der Waals surface area contributed by atoms with Gasteiger partial charge < -0.3 is 20.5 Å². The lowest BCUT2D eigenvalue weighted by atomic mass is 9.89.